The van der Waals surface area contributed by atoms with E-state index < -0.39 is 0 Å². The lowest BCUT2D eigenvalue weighted by atomic mass is 10.1. The maximum Gasteiger partial charge on any atom is 0.227 e. The Labute approximate surface area is 175 Å². The largest absolute Gasteiger partial charge is 0.493 e. The molecule has 0 fully saturated rings. The van der Waals surface area contributed by atoms with Gasteiger partial charge in [0.25, 0.3) is 0 Å². The summed E-state index contributed by atoms with van der Waals surface area (Å²) in [6.45, 7) is 1.54. The van der Waals surface area contributed by atoms with E-state index in [0.717, 1.165) is 16.9 Å². The van der Waals surface area contributed by atoms with Gasteiger partial charge in [-0.3, -0.25) is 4.79 Å². The van der Waals surface area contributed by atoms with Crippen LogP contribution >= 0.6 is 0 Å². The second-order valence-corrected chi connectivity index (χ2v) is 7.22. The normalized spacial score (nSPS) is 15.7. The molecule has 1 amide bonds. The number of para-hydroxylation sites is 1. The molecule has 0 N–H and O–H groups in total. The van der Waals surface area contributed by atoms with E-state index in [9.17, 15) is 4.79 Å². The van der Waals surface area contributed by atoms with Crippen molar-refractivity contribution in [3.63, 3.8) is 0 Å². The average molecular weight is 407 g/mol. The molecule has 1 aliphatic heterocycles. The van der Waals surface area contributed by atoms with Crippen LogP contribution in [0.2, 0.25) is 0 Å². The van der Waals surface area contributed by atoms with E-state index in [2.05, 4.69) is 4.98 Å². The summed E-state index contributed by atoms with van der Waals surface area (Å²) < 4.78 is 18.7. The van der Waals surface area contributed by atoms with Crippen LogP contribution in [0.4, 0.5) is 0 Å². The lowest BCUT2D eigenvalue weighted by molar-refractivity contribution is -0.134. The number of methoxy groups -OCH3 is 2. The van der Waals surface area contributed by atoms with E-state index in [0.29, 0.717) is 31.2 Å². The second-order valence-electron chi connectivity index (χ2n) is 7.22. The van der Waals surface area contributed by atoms with Crippen molar-refractivity contribution in [3.8, 4) is 17.2 Å². The Morgan fingerprint density at radius 3 is 2.77 bits per heavy atom. The zero-order chi connectivity index (χ0) is 20.9. The molecule has 0 radical (unpaired) electrons. The van der Waals surface area contributed by atoms with Gasteiger partial charge in [0.2, 0.25) is 5.91 Å². The Morgan fingerprint density at radius 2 is 2.00 bits per heavy atom. The summed E-state index contributed by atoms with van der Waals surface area (Å²) in [5.74, 6) is 2.12. The van der Waals surface area contributed by atoms with Crippen LogP contribution in [-0.2, 0) is 24.3 Å². The summed E-state index contributed by atoms with van der Waals surface area (Å²) in [4.78, 5) is 19.4. The highest BCUT2D eigenvalue weighted by atomic mass is 16.5. The van der Waals surface area contributed by atoms with Crippen molar-refractivity contribution in [2.24, 2.45) is 0 Å². The first kappa shape index (κ1) is 19.8. The van der Waals surface area contributed by atoms with Crippen molar-refractivity contribution in [2.45, 2.75) is 25.6 Å². The molecule has 30 heavy (non-hydrogen) atoms. The van der Waals surface area contributed by atoms with E-state index >= 15 is 0 Å². The monoisotopic (exact) mass is 407 g/mol. The quantitative estimate of drug-likeness (QED) is 0.629. The topological polar surface area (TPSA) is 65.8 Å². The fourth-order valence-electron chi connectivity index (χ4n) is 3.71. The van der Waals surface area contributed by atoms with Crippen molar-refractivity contribution in [1.29, 1.82) is 0 Å². The van der Waals surface area contributed by atoms with Gasteiger partial charge in [-0.15, -0.1) is 0 Å². The van der Waals surface area contributed by atoms with E-state index in [1.54, 1.807) is 26.7 Å². The molecule has 156 valence electrons. The number of fused-ring (bicyclic) bond motifs is 1. The van der Waals surface area contributed by atoms with Crippen LogP contribution in [0.5, 0.6) is 17.2 Å². The third-order valence-electron chi connectivity index (χ3n) is 5.29. The molecule has 0 saturated heterocycles. The van der Waals surface area contributed by atoms with Crippen LogP contribution in [0.15, 0.2) is 61.2 Å². The number of aromatic nitrogens is 2. The summed E-state index contributed by atoms with van der Waals surface area (Å²) in [6.07, 6.45) is 5.66. The molecule has 7 nitrogen and oxygen atoms in total. The third-order valence-corrected chi connectivity index (χ3v) is 5.29. The molecule has 2 heterocycles. The average Bonchev–Trinajstić information content (AvgIpc) is 3.21. The van der Waals surface area contributed by atoms with Crippen LogP contribution in [0.25, 0.3) is 0 Å². The fraction of sp³-hybridized carbons (Fsp3) is 0.304. The van der Waals surface area contributed by atoms with Gasteiger partial charge >= 0.3 is 0 Å². The van der Waals surface area contributed by atoms with Gasteiger partial charge in [0, 0.05) is 31.0 Å². The Balaban J connectivity index is 1.59. The maximum atomic E-state index is 13.4. The lowest BCUT2D eigenvalue weighted by Crippen LogP contribution is -2.44. The molecule has 3 aromatic rings. The molecule has 1 aliphatic rings. The number of ether oxygens (including phenoxy) is 3. The minimum atomic E-state index is -0.112. The van der Waals surface area contributed by atoms with Crippen LogP contribution < -0.4 is 14.2 Å². The van der Waals surface area contributed by atoms with E-state index in [4.69, 9.17) is 14.2 Å². The number of nitrogens with zero attached hydrogens (tertiary/aromatic N) is 3. The van der Waals surface area contributed by atoms with E-state index in [1.165, 1.54) is 0 Å². The van der Waals surface area contributed by atoms with Gasteiger partial charge in [-0.05, 0) is 23.8 Å². The molecule has 0 bridgehead atoms. The van der Waals surface area contributed by atoms with Crippen LogP contribution in [0, 0.1) is 0 Å². The Kier molecular flexibility index (Phi) is 5.88. The number of carbonyl (C=O) groups excluding carboxylic acids is 1. The van der Waals surface area contributed by atoms with Gasteiger partial charge in [-0.1, -0.05) is 24.3 Å². The van der Waals surface area contributed by atoms with Crippen molar-refractivity contribution in [2.75, 3.05) is 20.8 Å². The molecular weight excluding hydrogens is 382 g/mol. The van der Waals surface area contributed by atoms with Gasteiger partial charge in [-0.2, -0.15) is 0 Å². The molecule has 0 spiro atoms. The first-order valence-electron chi connectivity index (χ1n) is 9.84. The van der Waals surface area contributed by atoms with Crippen LogP contribution in [0.3, 0.4) is 0 Å². The van der Waals surface area contributed by atoms with Gasteiger partial charge in [0.1, 0.15) is 12.4 Å². The number of hydrogen-bond acceptors (Lipinski definition) is 5. The molecule has 7 heteroatoms. The number of carbonyl (C=O) groups is 1. The molecule has 0 saturated carbocycles. The van der Waals surface area contributed by atoms with E-state index in [-0.39, 0.29) is 18.4 Å². The summed E-state index contributed by atoms with van der Waals surface area (Å²) in [5.41, 5.74) is 1.88. The Bertz CT molecular complexity index is 1000. The fourth-order valence-corrected chi connectivity index (χ4v) is 3.71. The summed E-state index contributed by atoms with van der Waals surface area (Å²) in [7, 11) is 3.19. The minimum absolute atomic E-state index is 0.0349. The smallest absolute Gasteiger partial charge is 0.227 e. The van der Waals surface area contributed by atoms with Gasteiger partial charge in [0.05, 0.1) is 33.0 Å². The SMILES string of the molecule is COc1ccc(CC(=O)N2Cc3ccccc3OCC2Cn2ccnc2)cc1OC. The molecule has 1 unspecified atom stereocenters. The summed E-state index contributed by atoms with van der Waals surface area (Å²) in [6, 6.07) is 13.3. The first-order valence-corrected chi connectivity index (χ1v) is 9.84. The predicted octanol–water partition coefficient (Wildman–Crippen LogP) is 2.93. The number of imidazole rings is 1. The first-order chi connectivity index (χ1) is 14.7. The van der Waals surface area contributed by atoms with Crippen molar-refractivity contribution < 1.29 is 19.0 Å². The Morgan fingerprint density at radius 1 is 1.17 bits per heavy atom. The molecule has 0 aliphatic carbocycles. The summed E-state index contributed by atoms with van der Waals surface area (Å²) >= 11 is 0. The molecule has 1 atom stereocenters. The van der Waals surface area contributed by atoms with Crippen LogP contribution in [0.1, 0.15) is 11.1 Å². The van der Waals surface area contributed by atoms with E-state index in [1.807, 2.05) is 58.1 Å². The molecule has 1 aromatic heterocycles. The number of amides is 1. The second kappa shape index (κ2) is 8.90. The highest BCUT2D eigenvalue weighted by Crippen LogP contribution is 2.29. The van der Waals surface area contributed by atoms with Crippen LogP contribution in [-0.4, -0.2) is 47.2 Å². The standard InChI is InChI=1S/C23H25N3O4/c1-28-21-8-7-17(11-22(21)29-2)12-23(27)26-13-18-5-3-4-6-20(18)30-15-19(26)14-25-10-9-24-16-25/h3-11,16,19H,12-15H2,1-2H3. The summed E-state index contributed by atoms with van der Waals surface area (Å²) in [5, 5.41) is 0. The molecular formula is C23H25N3O4. The zero-order valence-electron chi connectivity index (χ0n) is 17.2. The lowest BCUT2D eigenvalue weighted by Gasteiger charge is -2.29. The van der Waals surface area contributed by atoms with Crippen molar-refractivity contribution >= 4 is 5.91 Å². The van der Waals surface area contributed by atoms with Gasteiger partial charge in [0.15, 0.2) is 11.5 Å². The van der Waals surface area contributed by atoms with Gasteiger partial charge in [-0.25, -0.2) is 4.98 Å². The zero-order valence-corrected chi connectivity index (χ0v) is 17.2. The number of benzene rings is 2. The molecule has 4 rings (SSSR count). The van der Waals surface area contributed by atoms with Gasteiger partial charge < -0.3 is 23.7 Å². The third kappa shape index (κ3) is 4.25. The Hall–Kier alpha value is -3.48. The number of rotatable bonds is 6. The van der Waals surface area contributed by atoms with Crippen molar-refractivity contribution in [1.82, 2.24) is 14.5 Å². The minimum Gasteiger partial charge on any atom is -0.493 e. The highest BCUT2D eigenvalue weighted by molar-refractivity contribution is 5.79. The molecule has 2 aromatic carbocycles. The number of hydrogen-bond donors (Lipinski definition) is 0. The van der Waals surface area contributed by atoms with Crippen molar-refractivity contribution in [3.05, 3.63) is 72.3 Å². The predicted molar refractivity (Wildman–Crippen MR) is 112 cm³/mol. The highest BCUT2D eigenvalue weighted by Gasteiger charge is 2.29. The maximum absolute atomic E-state index is 13.4.